The normalized spacial score (nSPS) is 14.5. The Labute approximate surface area is 194 Å². The highest BCUT2D eigenvalue weighted by Crippen LogP contribution is 2.27. The third kappa shape index (κ3) is 5.85. The highest BCUT2D eigenvalue weighted by atomic mass is 35.5. The van der Waals surface area contributed by atoms with Crippen LogP contribution in [0.25, 0.3) is 0 Å². The summed E-state index contributed by atoms with van der Waals surface area (Å²) in [5.41, 5.74) is 0.129. The molecule has 1 fully saturated rings. The molecule has 2 aromatic rings. The number of anilines is 1. The number of ether oxygens (including phenoxy) is 2. The van der Waals surface area contributed by atoms with Gasteiger partial charge < -0.3 is 14.8 Å². The minimum absolute atomic E-state index is 0.0308. The third-order valence-corrected chi connectivity index (χ3v) is 7.13. The molecule has 0 radical (unpaired) electrons. The van der Waals surface area contributed by atoms with Crippen LogP contribution in [-0.2, 0) is 24.3 Å². The average Bonchev–Trinajstić information content (AvgIpc) is 2.79. The molecular weight excluding hydrogens is 478 g/mol. The van der Waals surface area contributed by atoms with Gasteiger partial charge in [0.05, 0.1) is 28.6 Å². The molecule has 2 aromatic carbocycles. The summed E-state index contributed by atoms with van der Waals surface area (Å²) in [6.45, 7) is 1.91. The molecule has 1 N–H and O–H groups in total. The van der Waals surface area contributed by atoms with Gasteiger partial charge in [-0.3, -0.25) is 14.9 Å². The fraction of sp³-hybridized carbons (Fsp3) is 0.300. The SMILES string of the molecule is Cc1ccc(C(=O)OCC(=O)Nc2ccc(Cl)c([N+](=O)[O-])c2)cc1S(=O)(=O)N1CCOCC1. The number of sulfonamides is 1. The molecule has 0 bridgehead atoms. The van der Waals surface area contributed by atoms with Crippen molar-refractivity contribution < 1.29 is 32.4 Å². The molecule has 1 heterocycles. The number of carbonyl (C=O) groups is 2. The van der Waals surface area contributed by atoms with E-state index in [0.717, 1.165) is 6.07 Å². The fourth-order valence-electron chi connectivity index (χ4n) is 3.07. The maximum absolute atomic E-state index is 12.9. The molecule has 11 nitrogen and oxygen atoms in total. The number of nitro benzene ring substituents is 1. The Kier molecular flexibility index (Phi) is 7.64. The van der Waals surface area contributed by atoms with E-state index in [1.807, 2.05) is 0 Å². The van der Waals surface area contributed by atoms with Gasteiger partial charge in [0.1, 0.15) is 5.02 Å². The van der Waals surface area contributed by atoms with Crippen LogP contribution in [0.4, 0.5) is 11.4 Å². The van der Waals surface area contributed by atoms with Gasteiger partial charge in [0, 0.05) is 24.8 Å². The van der Waals surface area contributed by atoms with Gasteiger partial charge in [0.2, 0.25) is 10.0 Å². The smallest absolute Gasteiger partial charge is 0.338 e. The van der Waals surface area contributed by atoms with Crippen molar-refractivity contribution >= 4 is 44.9 Å². The number of hydrogen-bond donors (Lipinski definition) is 1. The molecule has 1 aliphatic heterocycles. The molecule has 0 aromatic heterocycles. The molecule has 0 saturated carbocycles. The Morgan fingerprint density at radius 2 is 1.91 bits per heavy atom. The molecule has 0 spiro atoms. The van der Waals surface area contributed by atoms with Gasteiger partial charge in [-0.25, -0.2) is 13.2 Å². The monoisotopic (exact) mass is 497 g/mol. The van der Waals surface area contributed by atoms with Crippen LogP contribution < -0.4 is 5.32 Å². The van der Waals surface area contributed by atoms with Gasteiger partial charge >= 0.3 is 5.97 Å². The second kappa shape index (κ2) is 10.3. The molecule has 3 rings (SSSR count). The molecule has 1 amide bonds. The number of esters is 1. The van der Waals surface area contributed by atoms with Gasteiger partial charge in [-0.15, -0.1) is 0 Å². The Bertz CT molecular complexity index is 1200. The van der Waals surface area contributed by atoms with Gasteiger partial charge in [-0.05, 0) is 36.8 Å². The number of nitrogens with zero attached hydrogens (tertiary/aromatic N) is 2. The van der Waals surface area contributed by atoms with Crippen LogP contribution in [-0.4, -0.2) is 62.4 Å². The van der Waals surface area contributed by atoms with Crippen molar-refractivity contribution in [3.8, 4) is 0 Å². The minimum Gasteiger partial charge on any atom is -0.452 e. The van der Waals surface area contributed by atoms with Crippen LogP contribution in [0, 0.1) is 17.0 Å². The highest BCUT2D eigenvalue weighted by Gasteiger charge is 2.28. The van der Waals surface area contributed by atoms with E-state index in [-0.39, 0.29) is 53.2 Å². The summed E-state index contributed by atoms with van der Waals surface area (Å²) in [5.74, 6) is -1.64. The van der Waals surface area contributed by atoms with Crippen molar-refractivity contribution in [3.63, 3.8) is 0 Å². The summed E-state index contributed by atoms with van der Waals surface area (Å²) < 4.78 is 37.3. The minimum atomic E-state index is -3.83. The lowest BCUT2D eigenvalue weighted by atomic mass is 10.1. The predicted molar refractivity (Wildman–Crippen MR) is 118 cm³/mol. The summed E-state index contributed by atoms with van der Waals surface area (Å²) in [4.78, 5) is 34.7. The predicted octanol–water partition coefficient (Wildman–Crippen LogP) is 2.37. The first-order chi connectivity index (χ1) is 15.6. The quantitative estimate of drug-likeness (QED) is 0.348. The summed E-state index contributed by atoms with van der Waals surface area (Å²) in [7, 11) is -3.83. The fourth-order valence-corrected chi connectivity index (χ4v) is 4.92. The van der Waals surface area contributed by atoms with E-state index in [2.05, 4.69) is 5.32 Å². The molecule has 33 heavy (non-hydrogen) atoms. The lowest BCUT2D eigenvalue weighted by Gasteiger charge is -2.26. The highest BCUT2D eigenvalue weighted by molar-refractivity contribution is 7.89. The first-order valence-corrected chi connectivity index (χ1v) is 11.5. The average molecular weight is 498 g/mol. The lowest BCUT2D eigenvalue weighted by molar-refractivity contribution is -0.384. The number of halogens is 1. The first kappa shape index (κ1) is 24.6. The van der Waals surface area contributed by atoms with E-state index in [1.165, 1.54) is 34.6 Å². The van der Waals surface area contributed by atoms with Crippen LogP contribution in [0.1, 0.15) is 15.9 Å². The maximum atomic E-state index is 12.9. The second-order valence-corrected chi connectivity index (χ2v) is 9.36. The zero-order valence-electron chi connectivity index (χ0n) is 17.4. The van der Waals surface area contributed by atoms with Crippen molar-refractivity contribution in [2.24, 2.45) is 0 Å². The van der Waals surface area contributed by atoms with Crippen LogP contribution in [0.3, 0.4) is 0 Å². The van der Waals surface area contributed by atoms with Crippen molar-refractivity contribution in [2.45, 2.75) is 11.8 Å². The molecule has 1 saturated heterocycles. The number of aryl methyl sites for hydroxylation is 1. The van der Waals surface area contributed by atoms with Gasteiger partial charge in [0.15, 0.2) is 6.61 Å². The summed E-state index contributed by atoms with van der Waals surface area (Å²) >= 11 is 5.73. The largest absolute Gasteiger partial charge is 0.452 e. The van der Waals surface area contributed by atoms with E-state index < -0.39 is 33.4 Å². The van der Waals surface area contributed by atoms with E-state index >= 15 is 0 Å². The number of morpholine rings is 1. The second-order valence-electron chi connectivity index (χ2n) is 7.04. The third-order valence-electron chi connectivity index (χ3n) is 4.77. The zero-order valence-corrected chi connectivity index (χ0v) is 19.0. The summed E-state index contributed by atoms with van der Waals surface area (Å²) in [5, 5.41) is 13.2. The van der Waals surface area contributed by atoms with Gasteiger partial charge in [-0.1, -0.05) is 17.7 Å². The van der Waals surface area contributed by atoms with Crippen molar-refractivity contribution in [2.75, 3.05) is 38.2 Å². The topological polar surface area (TPSA) is 145 Å². The molecule has 1 aliphatic rings. The number of nitro groups is 1. The molecule has 0 aliphatic carbocycles. The number of hydrogen-bond acceptors (Lipinski definition) is 8. The zero-order chi connectivity index (χ0) is 24.2. The molecule has 13 heteroatoms. The number of carbonyl (C=O) groups excluding carboxylic acids is 2. The summed E-state index contributed by atoms with van der Waals surface area (Å²) in [6.07, 6.45) is 0. The van der Waals surface area contributed by atoms with Crippen molar-refractivity contribution in [3.05, 3.63) is 62.7 Å². The van der Waals surface area contributed by atoms with Crippen LogP contribution in [0.2, 0.25) is 5.02 Å². The van der Waals surface area contributed by atoms with Crippen LogP contribution in [0.5, 0.6) is 0 Å². The number of nitrogens with one attached hydrogen (secondary N) is 1. The number of benzene rings is 2. The van der Waals surface area contributed by atoms with Crippen LogP contribution >= 0.6 is 11.6 Å². The van der Waals surface area contributed by atoms with Gasteiger partial charge in [0.25, 0.3) is 11.6 Å². The molecular formula is C20H20ClN3O8S. The van der Waals surface area contributed by atoms with E-state index in [0.29, 0.717) is 5.56 Å². The summed E-state index contributed by atoms with van der Waals surface area (Å²) in [6, 6.07) is 7.78. The number of amides is 1. The molecule has 0 unspecified atom stereocenters. The van der Waals surface area contributed by atoms with Crippen molar-refractivity contribution in [1.29, 1.82) is 0 Å². The standard InChI is InChI=1S/C20H20ClN3O8S/c1-13-2-3-14(10-18(13)33(29,30)23-6-8-31-9-7-23)20(26)32-12-19(25)22-15-4-5-16(21)17(11-15)24(27)28/h2-5,10-11H,6-9,12H2,1H3,(H,22,25). The van der Waals surface area contributed by atoms with E-state index in [9.17, 15) is 28.1 Å². The Balaban J connectivity index is 1.67. The van der Waals surface area contributed by atoms with E-state index in [1.54, 1.807) is 6.92 Å². The molecule has 176 valence electrons. The Morgan fingerprint density at radius 3 is 2.58 bits per heavy atom. The first-order valence-electron chi connectivity index (χ1n) is 9.69. The molecule has 0 atom stereocenters. The van der Waals surface area contributed by atoms with Crippen LogP contribution in [0.15, 0.2) is 41.3 Å². The Morgan fingerprint density at radius 1 is 1.21 bits per heavy atom. The number of rotatable bonds is 7. The Hall–Kier alpha value is -3.06. The lowest BCUT2D eigenvalue weighted by Crippen LogP contribution is -2.40. The van der Waals surface area contributed by atoms with Crippen molar-refractivity contribution in [1.82, 2.24) is 4.31 Å². The van der Waals surface area contributed by atoms with E-state index in [4.69, 9.17) is 21.1 Å². The van der Waals surface area contributed by atoms with Gasteiger partial charge in [-0.2, -0.15) is 4.31 Å². The maximum Gasteiger partial charge on any atom is 0.338 e.